The van der Waals surface area contributed by atoms with Gasteiger partial charge in [-0.3, -0.25) is 10.00 Å². The number of ether oxygens (including phenoxy) is 1. The quantitative estimate of drug-likeness (QED) is 0.900. The minimum atomic E-state index is -0.113. The van der Waals surface area contributed by atoms with Crippen LogP contribution in [0.4, 0.5) is 9.93 Å². The number of fused-ring (bicyclic) bond motifs is 1. The van der Waals surface area contributed by atoms with Crippen molar-refractivity contribution in [3.8, 4) is 0 Å². The molecular formula is C14H16ClN5O2S. The molecule has 1 saturated heterocycles. The second-order valence-electron chi connectivity index (χ2n) is 5.65. The zero-order valence-corrected chi connectivity index (χ0v) is 13.9. The van der Waals surface area contributed by atoms with Crippen LogP contribution in [0.5, 0.6) is 0 Å². The largest absolute Gasteiger partial charge is 0.375 e. The van der Waals surface area contributed by atoms with Crippen LogP contribution >= 0.6 is 22.9 Å². The van der Waals surface area contributed by atoms with E-state index < -0.39 is 0 Å². The van der Waals surface area contributed by atoms with Crippen LogP contribution in [-0.2, 0) is 17.8 Å². The van der Waals surface area contributed by atoms with Crippen molar-refractivity contribution in [2.24, 2.45) is 0 Å². The molecule has 2 aliphatic rings. The van der Waals surface area contributed by atoms with Crippen molar-refractivity contribution in [2.45, 2.75) is 25.5 Å². The zero-order chi connectivity index (χ0) is 15.8. The van der Waals surface area contributed by atoms with Crippen molar-refractivity contribution in [1.82, 2.24) is 19.7 Å². The molecule has 9 heteroatoms. The molecule has 0 saturated carbocycles. The number of carbonyl (C=O) groups excluding carboxylic acids is 1. The monoisotopic (exact) mass is 353 g/mol. The lowest BCUT2D eigenvalue weighted by molar-refractivity contribution is 0.112. The summed E-state index contributed by atoms with van der Waals surface area (Å²) >= 11 is 7.39. The number of nitrogens with one attached hydrogen (secondary N) is 1. The van der Waals surface area contributed by atoms with Gasteiger partial charge < -0.3 is 9.64 Å². The summed E-state index contributed by atoms with van der Waals surface area (Å²) < 4.78 is 7.23. The number of aromatic nitrogens is 3. The van der Waals surface area contributed by atoms with Crippen LogP contribution in [0.15, 0.2) is 12.4 Å². The van der Waals surface area contributed by atoms with Crippen LogP contribution in [0.1, 0.15) is 23.0 Å². The third-order valence-electron chi connectivity index (χ3n) is 4.10. The summed E-state index contributed by atoms with van der Waals surface area (Å²) in [5.74, 6) is 0. The second-order valence-corrected chi connectivity index (χ2v) is 7.17. The predicted octanol–water partition coefficient (Wildman–Crippen LogP) is 2.54. The predicted molar refractivity (Wildman–Crippen MR) is 87.0 cm³/mol. The Kier molecular flexibility index (Phi) is 3.96. The first kappa shape index (κ1) is 14.9. The van der Waals surface area contributed by atoms with Gasteiger partial charge in [0.05, 0.1) is 41.0 Å². The molecule has 2 amide bonds. The van der Waals surface area contributed by atoms with Gasteiger partial charge in [-0.05, 0) is 6.42 Å². The lowest BCUT2D eigenvalue weighted by Gasteiger charge is -2.16. The number of likely N-dealkylation sites (tertiary alicyclic amines) is 1. The maximum atomic E-state index is 12.4. The summed E-state index contributed by atoms with van der Waals surface area (Å²) in [6.07, 6.45) is 5.09. The molecule has 122 valence electrons. The van der Waals surface area contributed by atoms with Crippen LogP contribution in [0.3, 0.4) is 0 Å². The Morgan fingerprint density at radius 2 is 2.43 bits per heavy atom. The number of rotatable bonds is 2. The van der Waals surface area contributed by atoms with E-state index >= 15 is 0 Å². The second kappa shape index (κ2) is 6.10. The maximum absolute atomic E-state index is 12.4. The molecule has 0 radical (unpaired) electrons. The number of amides is 2. The Morgan fingerprint density at radius 3 is 3.22 bits per heavy atom. The molecule has 4 rings (SSSR count). The Bertz CT molecular complexity index is 707. The molecule has 0 aliphatic carbocycles. The molecule has 2 aromatic heterocycles. The van der Waals surface area contributed by atoms with Gasteiger partial charge in [-0.2, -0.15) is 5.10 Å². The van der Waals surface area contributed by atoms with Crippen LogP contribution in [-0.4, -0.2) is 45.4 Å². The van der Waals surface area contributed by atoms with E-state index in [9.17, 15) is 4.79 Å². The Hall–Kier alpha value is -1.64. The smallest absolute Gasteiger partial charge is 0.323 e. The fraction of sp³-hybridized carbons (Fsp3) is 0.500. The number of carbonyl (C=O) groups is 1. The highest BCUT2D eigenvalue weighted by atomic mass is 35.5. The van der Waals surface area contributed by atoms with E-state index in [1.165, 1.54) is 11.3 Å². The fourth-order valence-corrected chi connectivity index (χ4v) is 3.98. The van der Waals surface area contributed by atoms with Crippen molar-refractivity contribution in [2.75, 3.05) is 25.0 Å². The highest BCUT2D eigenvalue weighted by molar-refractivity contribution is 7.15. The van der Waals surface area contributed by atoms with Crippen molar-refractivity contribution >= 4 is 34.1 Å². The van der Waals surface area contributed by atoms with E-state index in [1.807, 2.05) is 4.68 Å². The van der Waals surface area contributed by atoms with Crippen molar-refractivity contribution in [3.05, 3.63) is 28.0 Å². The number of anilines is 1. The van der Waals surface area contributed by atoms with E-state index in [1.54, 1.807) is 17.3 Å². The van der Waals surface area contributed by atoms with E-state index in [4.69, 9.17) is 16.3 Å². The summed E-state index contributed by atoms with van der Waals surface area (Å²) in [5.41, 5.74) is 1.04. The average molecular weight is 354 g/mol. The number of thiazole rings is 1. The summed E-state index contributed by atoms with van der Waals surface area (Å²) in [6.45, 7) is 2.61. The lowest BCUT2D eigenvalue weighted by Crippen LogP contribution is -2.33. The number of hydrogen-bond donors (Lipinski definition) is 1. The van der Waals surface area contributed by atoms with Gasteiger partial charge in [0.15, 0.2) is 5.13 Å². The molecule has 1 atom stereocenters. The van der Waals surface area contributed by atoms with Crippen LogP contribution < -0.4 is 5.32 Å². The van der Waals surface area contributed by atoms with Crippen LogP contribution in [0.2, 0.25) is 5.02 Å². The highest BCUT2D eigenvalue weighted by Crippen LogP contribution is 2.28. The Morgan fingerprint density at radius 1 is 1.52 bits per heavy atom. The van der Waals surface area contributed by atoms with Gasteiger partial charge in [0.25, 0.3) is 0 Å². The first-order valence-corrected chi connectivity index (χ1v) is 8.70. The molecule has 1 N–H and O–H groups in total. The first-order chi connectivity index (χ1) is 11.2. The van der Waals surface area contributed by atoms with Crippen LogP contribution in [0, 0.1) is 0 Å². The number of urea groups is 1. The van der Waals surface area contributed by atoms with Gasteiger partial charge >= 0.3 is 6.03 Å². The summed E-state index contributed by atoms with van der Waals surface area (Å²) in [7, 11) is 0. The third kappa shape index (κ3) is 3.06. The molecule has 7 nitrogen and oxygen atoms in total. The van der Waals surface area contributed by atoms with Gasteiger partial charge in [0.1, 0.15) is 0 Å². The van der Waals surface area contributed by atoms with Gasteiger partial charge in [-0.15, -0.1) is 0 Å². The topological polar surface area (TPSA) is 72.3 Å². The minimum Gasteiger partial charge on any atom is -0.375 e. The Balaban J connectivity index is 1.39. The zero-order valence-electron chi connectivity index (χ0n) is 12.4. The summed E-state index contributed by atoms with van der Waals surface area (Å²) in [4.78, 5) is 19.8. The SMILES string of the molecule is O=C(Nc1nc2c(s1)COCC2)N1CCC(n2cc(Cl)cn2)C1. The van der Waals surface area contributed by atoms with E-state index in [2.05, 4.69) is 15.4 Å². The standard InChI is InChI=1S/C14H16ClN5O2S/c15-9-5-16-20(6-9)10-1-3-19(7-10)14(21)18-13-17-11-2-4-22-8-12(11)23-13/h5-6,10H,1-4,7-8H2,(H,17,18,21). The molecule has 1 unspecified atom stereocenters. The molecule has 0 spiro atoms. The Labute approximate surface area is 142 Å². The minimum absolute atomic E-state index is 0.113. The average Bonchev–Trinajstić information content (AvgIpc) is 3.24. The normalized spacial score (nSPS) is 20.6. The molecule has 23 heavy (non-hydrogen) atoms. The fourth-order valence-electron chi connectivity index (χ4n) is 2.91. The molecule has 4 heterocycles. The molecule has 0 aromatic carbocycles. The van der Waals surface area contributed by atoms with E-state index in [0.29, 0.717) is 36.5 Å². The van der Waals surface area contributed by atoms with E-state index in [-0.39, 0.29) is 12.1 Å². The first-order valence-electron chi connectivity index (χ1n) is 7.51. The third-order valence-corrected chi connectivity index (χ3v) is 5.28. The molecule has 2 aromatic rings. The number of halogens is 1. The van der Waals surface area contributed by atoms with Gasteiger partial charge in [-0.25, -0.2) is 9.78 Å². The molecule has 1 fully saturated rings. The summed E-state index contributed by atoms with van der Waals surface area (Å²) in [6, 6.07) is 0.0592. The van der Waals surface area contributed by atoms with Crippen molar-refractivity contribution in [1.29, 1.82) is 0 Å². The maximum Gasteiger partial charge on any atom is 0.323 e. The van der Waals surface area contributed by atoms with Gasteiger partial charge in [-0.1, -0.05) is 22.9 Å². The van der Waals surface area contributed by atoms with Crippen LogP contribution in [0.25, 0.3) is 0 Å². The molecule has 2 aliphatic heterocycles. The lowest BCUT2D eigenvalue weighted by atomic mass is 10.2. The molecule has 0 bridgehead atoms. The summed E-state index contributed by atoms with van der Waals surface area (Å²) in [5, 5.41) is 8.39. The highest BCUT2D eigenvalue weighted by Gasteiger charge is 2.28. The molecular weight excluding hydrogens is 338 g/mol. The number of hydrogen-bond acceptors (Lipinski definition) is 5. The van der Waals surface area contributed by atoms with Crippen molar-refractivity contribution in [3.63, 3.8) is 0 Å². The van der Waals surface area contributed by atoms with Gasteiger partial charge in [0, 0.05) is 25.7 Å². The van der Waals surface area contributed by atoms with Gasteiger partial charge in [0.2, 0.25) is 0 Å². The number of nitrogens with zero attached hydrogens (tertiary/aromatic N) is 4. The van der Waals surface area contributed by atoms with E-state index in [0.717, 1.165) is 23.4 Å². The van der Waals surface area contributed by atoms with Crippen molar-refractivity contribution < 1.29 is 9.53 Å².